The Hall–Kier alpha value is -0.890. The maximum Gasteiger partial charge on any atom is 0.123 e. The van der Waals surface area contributed by atoms with Crippen LogP contribution in [0.5, 0.6) is 0 Å². The fraction of sp³-hybridized carbons (Fsp3) is 0.455. The second-order valence-electron chi connectivity index (χ2n) is 4.41. The summed E-state index contributed by atoms with van der Waals surface area (Å²) in [6.07, 6.45) is 0.296. The number of aliphatic hydroxyl groups is 1. The van der Waals surface area contributed by atoms with Crippen molar-refractivity contribution in [1.29, 1.82) is 0 Å². The molecule has 13 heavy (non-hydrogen) atoms. The van der Waals surface area contributed by atoms with E-state index in [1.54, 1.807) is 6.07 Å². The number of fused-ring (bicyclic) bond motifs is 1. The monoisotopic (exact) mass is 180 g/mol. The van der Waals surface area contributed by atoms with E-state index in [-0.39, 0.29) is 11.2 Å². The summed E-state index contributed by atoms with van der Waals surface area (Å²) in [7, 11) is 0. The molecular formula is C11H13FO. The lowest BCUT2D eigenvalue weighted by atomic mass is 9.88. The molecule has 1 aromatic carbocycles. The molecule has 0 heterocycles. The molecule has 2 heteroatoms. The van der Waals surface area contributed by atoms with Gasteiger partial charge < -0.3 is 5.11 Å². The van der Waals surface area contributed by atoms with Gasteiger partial charge in [-0.1, -0.05) is 19.9 Å². The molecule has 0 saturated carbocycles. The molecule has 1 aliphatic carbocycles. The summed E-state index contributed by atoms with van der Waals surface area (Å²) in [6.45, 7) is 3.99. The summed E-state index contributed by atoms with van der Waals surface area (Å²) in [5.41, 5.74) is 1.67. The third-order valence-corrected chi connectivity index (χ3v) is 2.79. The van der Waals surface area contributed by atoms with E-state index in [4.69, 9.17) is 0 Å². The Morgan fingerprint density at radius 1 is 1.46 bits per heavy atom. The molecule has 0 spiro atoms. The van der Waals surface area contributed by atoms with Gasteiger partial charge in [-0.05, 0) is 35.1 Å². The molecule has 0 saturated heterocycles. The Balaban J connectivity index is 2.50. The SMILES string of the molecule is CC1(C)Cc2cc(F)ccc2C1O. The molecule has 1 aromatic rings. The molecule has 0 aromatic heterocycles. The van der Waals surface area contributed by atoms with E-state index in [2.05, 4.69) is 0 Å². The first-order chi connectivity index (χ1) is 6.00. The molecule has 1 nitrogen and oxygen atoms in total. The zero-order valence-electron chi connectivity index (χ0n) is 7.84. The molecule has 2 rings (SSSR count). The van der Waals surface area contributed by atoms with Crippen molar-refractivity contribution in [3.8, 4) is 0 Å². The van der Waals surface area contributed by atoms with E-state index in [0.29, 0.717) is 0 Å². The summed E-state index contributed by atoms with van der Waals surface area (Å²) in [4.78, 5) is 0. The average molecular weight is 180 g/mol. The fourth-order valence-corrected chi connectivity index (χ4v) is 2.00. The molecule has 0 radical (unpaired) electrons. The number of aliphatic hydroxyl groups excluding tert-OH is 1. The van der Waals surface area contributed by atoms with E-state index >= 15 is 0 Å². The van der Waals surface area contributed by atoms with Crippen molar-refractivity contribution >= 4 is 0 Å². The Morgan fingerprint density at radius 2 is 2.15 bits per heavy atom. The Morgan fingerprint density at radius 3 is 2.85 bits per heavy atom. The first-order valence-corrected chi connectivity index (χ1v) is 4.47. The first-order valence-electron chi connectivity index (χ1n) is 4.47. The third-order valence-electron chi connectivity index (χ3n) is 2.79. The van der Waals surface area contributed by atoms with Gasteiger partial charge in [0, 0.05) is 0 Å². The Kier molecular flexibility index (Phi) is 1.70. The lowest BCUT2D eigenvalue weighted by molar-refractivity contribution is 0.0666. The predicted octanol–water partition coefficient (Wildman–Crippen LogP) is 2.44. The van der Waals surface area contributed by atoms with Gasteiger partial charge in [0.25, 0.3) is 0 Å². The number of benzene rings is 1. The minimum atomic E-state index is -0.455. The minimum Gasteiger partial charge on any atom is -0.388 e. The molecule has 70 valence electrons. The van der Waals surface area contributed by atoms with Gasteiger partial charge in [-0.25, -0.2) is 4.39 Å². The molecule has 0 fully saturated rings. The number of rotatable bonds is 0. The van der Waals surface area contributed by atoms with Crippen LogP contribution in [0, 0.1) is 11.2 Å². The smallest absolute Gasteiger partial charge is 0.123 e. The molecular weight excluding hydrogens is 167 g/mol. The minimum absolute atomic E-state index is 0.157. The van der Waals surface area contributed by atoms with Crippen LogP contribution in [0.15, 0.2) is 18.2 Å². The van der Waals surface area contributed by atoms with Gasteiger partial charge in [0.1, 0.15) is 5.82 Å². The normalized spacial score (nSPS) is 24.5. The van der Waals surface area contributed by atoms with E-state index in [9.17, 15) is 9.50 Å². The highest BCUT2D eigenvalue weighted by atomic mass is 19.1. The van der Waals surface area contributed by atoms with Crippen molar-refractivity contribution in [2.75, 3.05) is 0 Å². The second kappa shape index (κ2) is 2.55. The van der Waals surface area contributed by atoms with Crippen LogP contribution < -0.4 is 0 Å². The highest BCUT2D eigenvalue weighted by Gasteiger charge is 2.37. The lowest BCUT2D eigenvalue weighted by Gasteiger charge is -2.22. The first kappa shape index (κ1) is 8.70. The topological polar surface area (TPSA) is 20.2 Å². The number of hydrogen-bond donors (Lipinski definition) is 1. The largest absolute Gasteiger partial charge is 0.388 e. The van der Waals surface area contributed by atoms with Crippen molar-refractivity contribution in [1.82, 2.24) is 0 Å². The van der Waals surface area contributed by atoms with Crippen molar-refractivity contribution in [2.45, 2.75) is 26.4 Å². The fourth-order valence-electron chi connectivity index (χ4n) is 2.00. The second-order valence-corrected chi connectivity index (χ2v) is 4.41. The zero-order chi connectivity index (χ0) is 9.64. The molecule has 0 aliphatic heterocycles. The van der Waals surface area contributed by atoms with Gasteiger partial charge in [0.2, 0.25) is 0 Å². The van der Waals surface area contributed by atoms with Gasteiger partial charge in [-0.15, -0.1) is 0 Å². The van der Waals surface area contributed by atoms with Crippen LogP contribution in [-0.4, -0.2) is 5.11 Å². The summed E-state index contributed by atoms with van der Waals surface area (Å²) in [5, 5.41) is 9.88. The van der Waals surface area contributed by atoms with Gasteiger partial charge >= 0.3 is 0 Å². The van der Waals surface area contributed by atoms with Crippen LogP contribution in [0.1, 0.15) is 31.1 Å². The van der Waals surface area contributed by atoms with Crippen LogP contribution in [0.25, 0.3) is 0 Å². The number of halogens is 1. The Bertz CT molecular complexity index is 344. The molecule has 1 atom stereocenters. The van der Waals surface area contributed by atoms with Crippen LogP contribution in [0.3, 0.4) is 0 Å². The molecule has 1 N–H and O–H groups in total. The van der Waals surface area contributed by atoms with Crippen molar-refractivity contribution in [2.24, 2.45) is 5.41 Å². The summed E-state index contributed by atoms with van der Waals surface area (Å²) < 4.78 is 12.9. The van der Waals surface area contributed by atoms with Gasteiger partial charge in [-0.3, -0.25) is 0 Å². The molecule has 1 aliphatic rings. The van der Waals surface area contributed by atoms with E-state index in [1.807, 2.05) is 13.8 Å². The van der Waals surface area contributed by atoms with E-state index < -0.39 is 6.10 Å². The zero-order valence-corrected chi connectivity index (χ0v) is 7.84. The quantitative estimate of drug-likeness (QED) is 0.650. The highest BCUT2D eigenvalue weighted by molar-refractivity contribution is 5.36. The third kappa shape index (κ3) is 1.25. The maximum absolute atomic E-state index is 12.9. The van der Waals surface area contributed by atoms with Gasteiger partial charge in [0.15, 0.2) is 0 Å². The van der Waals surface area contributed by atoms with Crippen molar-refractivity contribution in [3.05, 3.63) is 35.1 Å². The van der Waals surface area contributed by atoms with Gasteiger partial charge in [0.05, 0.1) is 6.10 Å². The number of hydrogen-bond acceptors (Lipinski definition) is 1. The standard InChI is InChI=1S/C11H13FO/c1-11(2)6-7-5-8(12)3-4-9(7)10(11)13/h3-5,10,13H,6H2,1-2H3. The molecule has 0 bridgehead atoms. The molecule has 0 amide bonds. The molecule has 1 unspecified atom stereocenters. The van der Waals surface area contributed by atoms with Gasteiger partial charge in [-0.2, -0.15) is 0 Å². The average Bonchev–Trinajstić information content (AvgIpc) is 2.22. The summed E-state index contributed by atoms with van der Waals surface area (Å²) in [6, 6.07) is 4.61. The van der Waals surface area contributed by atoms with Crippen molar-refractivity contribution < 1.29 is 9.50 Å². The maximum atomic E-state index is 12.9. The van der Waals surface area contributed by atoms with Crippen LogP contribution >= 0.6 is 0 Å². The van der Waals surface area contributed by atoms with Crippen molar-refractivity contribution in [3.63, 3.8) is 0 Å². The van der Waals surface area contributed by atoms with Crippen LogP contribution in [0.2, 0.25) is 0 Å². The van der Waals surface area contributed by atoms with Crippen LogP contribution in [-0.2, 0) is 6.42 Å². The van der Waals surface area contributed by atoms with Crippen LogP contribution in [0.4, 0.5) is 4.39 Å². The highest BCUT2D eigenvalue weighted by Crippen LogP contribution is 2.44. The summed E-state index contributed by atoms with van der Waals surface area (Å²) >= 11 is 0. The lowest BCUT2D eigenvalue weighted by Crippen LogP contribution is -2.16. The predicted molar refractivity (Wildman–Crippen MR) is 48.8 cm³/mol. The van der Waals surface area contributed by atoms with E-state index in [1.165, 1.54) is 12.1 Å². The van der Waals surface area contributed by atoms with E-state index in [0.717, 1.165) is 17.5 Å². The Labute approximate surface area is 77.2 Å². The summed E-state index contributed by atoms with van der Waals surface area (Å²) in [5.74, 6) is -0.219.